The molecule has 0 heterocycles. The smallest absolute Gasteiger partial charge is 0.306 e. The standard InChI is InChI=1S/C49H64O2/c1-32(2)11-9-12-33(3)42-25-26-43-41-24-22-38-31-39(27-29-48(38,4)44(41)28-30-49(42,43)5)51-45(50)16-8-6-7-13-34-17-18-37-20-19-35-14-10-15-36-21-23-40(34)47(37)46(35)36/h10,14-15,17-23,32-33,39,41-44H,6-9,11-13,16,24-31H2,1-5H3/t33-,39+,41+,42-,43+,44+,48+,49-/m1/s1. The van der Waals surface area contributed by atoms with E-state index in [4.69, 9.17) is 4.74 Å². The summed E-state index contributed by atoms with van der Waals surface area (Å²) < 4.78 is 6.20. The van der Waals surface area contributed by atoms with Crippen molar-refractivity contribution in [2.75, 3.05) is 0 Å². The third-order valence-electron chi connectivity index (χ3n) is 15.5. The topological polar surface area (TPSA) is 26.3 Å². The van der Waals surface area contributed by atoms with Crippen LogP contribution in [0.3, 0.4) is 0 Å². The van der Waals surface area contributed by atoms with Crippen LogP contribution in [0.5, 0.6) is 0 Å². The number of fused-ring (bicyclic) bond motifs is 5. The number of carbonyl (C=O) groups is 1. The molecule has 0 aromatic heterocycles. The van der Waals surface area contributed by atoms with Gasteiger partial charge in [-0.1, -0.05) is 127 Å². The van der Waals surface area contributed by atoms with Gasteiger partial charge in [-0.05, 0) is 148 Å². The summed E-state index contributed by atoms with van der Waals surface area (Å²) in [6, 6.07) is 20.4. The number of aryl methyl sites for hydroxylation is 1. The van der Waals surface area contributed by atoms with Gasteiger partial charge >= 0.3 is 5.97 Å². The number of carbonyl (C=O) groups excluding carboxylic acids is 1. The molecule has 2 heteroatoms. The Labute approximate surface area is 308 Å². The van der Waals surface area contributed by atoms with Crippen LogP contribution in [0.15, 0.2) is 66.2 Å². The van der Waals surface area contributed by atoms with Gasteiger partial charge in [0.2, 0.25) is 0 Å². The molecule has 2 nitrogen and oxygen atoms in total. The number of ether oxygens (including phenoxy) is 1. The van der Waals surface area contributed by atoms with E-state index in [1.54, 1.807) is 5.57 Å². The Morgan fingerprint density at radius 1 is 0.784 bits per heavy atom. The number of rotatable bonds is 12. The molecule has 0 unspecified atom stereocenters. The van der Waals surface area contributed by atoms with Gasteiger partial charge in [-0.3, -0.25) is 4.79 Å². The molecular weight excluding hydrogens is 621 g/mol. The lowest BCUT2D eigenvalue weighted by Gasteiger charge is -2.58. The minimum atomic E-state index is 0.0218. The molecule has 8 rings (SSSR count). The van der Waals surface area contributed by atoms with Gasteiger partial charge in [0, 0.05) is 12.8 Å². The molecule has 0 bridgehead atoms. The third-order valence-corrected chi connectivity index (χ3v) is 15.5. The van der Waals surface area contributed by atoms with E-state index in [0.29, 0.717) is 17.3 Å². The van der Waals surface area contributed by atoms with Crippen LogP contribution in [-0.4, -0.2) is 12.1 Å². The summed E-state index contributed by atoms with van der Waals surface area (Å²) >= 11 is 0. The summed E-state index contributed by atoms with van der Waals surface area (Å²) in [5.41, 5.74) is 3.90. The van der Waals surface area contributed by atoms with Gasteiger partial charge in [0.05, 0.1) is 0 Å². The average molecular weight is 685 g/mol. The van der Waals surface area contributed by atoms with E-state index in [-0.39, 0.29) is 12.1 Å². The molecule has 4 aromatic carbocycles. The van der Waals surface area contributed by atoms with Crippen LogP contribution < -0.4 is 0 Å². The van der Waals surface area contributed by atoms with Crippen LogP contribution >= 0.6 is 0 Å². The Hall–Kier alpha value is -2.87. The number of unbranched alkanes of at least 4 members (excludes halogenated alkanes) is 2. The molecule has 0 spiro atoms. The molecule has 4 aliphatic rings. The predicted octanol–water partition coefficient (Wildman–Crippen LogP) is 13.6. The lowest BCUT2D eigenvalue weighted by atomic mass is 9.47. The zero-order valence-corrected chi connectivity index (χ0v) is 32.4. The van der Waals surface area contributed by atoms with Gasteiger partial charge < -0.3 is 4.74 Å². The minimum Gasteiger partial charge on any atom is -0.462 e. The van der Waals surface area contributed by atoms with E-state index in [1.807, 2.05) is 0 Å². The van der Waals surface area contributed by atoms with Crippen molar-refractivity contribution in [3.8, 4) is 0 Å². The van der Waals surface area contributed by atoms with Crippen molar-refractivity contribution in [2.24, 2.45) is 46.3 Å². The Balaban J connectivity index is 0.822. The summed E-state index contributed by atoms with van der Waals surface area (Å²) in [6.07, 6.45) is 21.8. The zero-order chi connectivity index (χ0) is 35.3. The lowest BCUT2D eigenvalue weighted by Crippen LogP contribution is -2.51. The molecule has 272 valence electrons. The largest absolute Gasteiger partial charge is 0.462 e. The summed E-state index contributed by atoms with van der Waals surface area (Å²) in [7, 11) is 0. The normalized spacial score (nSPS) is 31.1. The van der Waals surface area contributed by atoms with E-state index < -0.39 is 0 Å². The maximum absolute atomic E-state index is 13.1. The van der Waals surface area contributed by atoms with Crippen LogP contribution in [0.4, 0.5) is 0 Å². The first kappa shape index (κ1) is 35.2. The predicted molar refractivity (Wildman–Crippen MR) is 215 cm³/mol. The minimum absolute atomic E-state index is 0.0218. The molecule has 0 saturated heterocycles. The highest BCUT2D eigenvalue weighted by molar-refractivity contribution is 6.23. The number of benzene rings is 4. The van der Waals surface area contributed by atoms with Crippen molar-refractivity contribution >= 4 is 38.3 Å². The van der Waals surface area contributed by atoms with Gasteiger partial charge in [-0.15, -0.1) is 0 Å². The summed E-state index contributed by atoms with van der Waals surface area (Å²) in [4.78, 5) is 13.1. The quantitative estimate of drug-likeness (QED) is 0.0642. The molecule has 0 amide bonds. The van der Waals surface area contributed by atoms with Crippen molar-refractivity contribution in [3.63, 3.8) is 0 Å². The van der Waals surface area contributed by atoms with E-state index in [9.17, 15) is 4.79 Å². The van der Waals surface area contributed by atoms with Gasteiger partial charge in [-0.25, -0.2) is 0 Å². The van der Waals surface area contributed by atoms with Crippen molar-refractivity contribution in [1.82, 2.24) is 0 Å². The van der Waals surface area contributed by atoms with Crippen LogP contribution in [0.25, 0.3) is 32.3 Å². The number of esters is 1. The van der Waals surface area contributed by atoms with E-state index in [1.165, 1.54) is 95.7 Å². The van der Waals surface area contributed by atoms with Gasteiger partial charge in [0.15, 0.2) is 0 Å². The molecule has 8 atom stereocenters. The SMILES string of the molecule is CC(C)CCC[C@@H](C)[C@H]1CC[C@H]2[C@@H]3CC=C4C[C@@H](OC(=O)CCCCCc5ccc6ccc7cccc8ccc5c6c78)CC[C@]4(C)[C@H]3CC[C@]12C. The van der Waals surface area contributed by atoms with Crippen LogP contribution in [-0.2, 0) is 16.0 Å². The first-order chi connectivity index (χ1) is 24.7. The molecule has 3 saturated carbocycles. The van der Waals surface area contributed by atoms with Gasteiger partial charge in [0.1, 0.15) is 6.10 Å². The second-order valence-corrected chi connectivity index (χ2v) is 18.8. The van der Waals surface area contributed by atoms with Crippen LogP contribution in [0.2, 0.25) is 0 Å². The van der Waals surface area contributed by atoms with Crippen molar-refractivity contribution in [3.05, 3.63) is 71.8 Å². The number of allylic oxidation sites excluding steroid dienone is 1. The Morgan fingerprint density at radius 2 is 1.55 bits per heavy atom. The second-order valence-electron chi connectivity index (χ2n) is 18.8. The van der Waals surface area contributed by atoms with Crippen molar-refractivity contribution in [1.29, 1.82) is 0 Å². The number of hydrogen-bond donors (Lipinski definition) is 0. The highest BCUT2D eigenvalue weighted by Crippen LogP contribution is 2.67. The van der Waals surface area contributed by atoms with Gasteiger partial charge in [0.25, 0.3) is 0 Å². The molecule has 4 aliphatic carbocycles. The molecule has 0 aliphatic heterocycles. The maximum atomic E-state index is 13.1. The third kappa shape index (κ3) is 6.44. The first-order valence-electron chi connectivity index (χ1n) is 21.2. The Morgan fingerprint density at radius 3 is 2.35 bits per heavy atom. The van der Waals surface area contributed by atoms with E-state index in [2.05, 4.69) is 95.3 Å². The Bertz CT molecular complexity index is 1870. The van der Waals surface area contributed by atoms with Crippen molar-refractivity contribution < 1.29 is 9.53 Å². The summed E-state index contributed by atoms with van der Waals surface area (Å²) in [6.45, 7) is 12.6. The maximum Gasteiger partial charge on any atom is 0.306 e. The molecule has 3 fully saturated rings. The molecular formula is C49H64O2. The van der Waals surface area contributed by atoms with Crippen LogP contribution in [0.1, 0.15) is 136 Å². The van der Waals surface area contributed by atoms with E-state index >= 15 is 0 Å². The highest BCUT2D eigenvalue weighted by Gasteiger charge is 2.59. The second kappa shape index (κ2) is 14.2. The Kier molecular flexibility index (Phi) is 9.77. The fourth-order valence-corrected chi connectivity index (χ4v) is 12.8. The first-order valence-corrected chi connectivity index (χ1v) is 21.2. The van der Waals surface area contributed by atoms with Crippen LogP contribution in [0, 0.1) is 46.3 Å². The summed E-state index contributed by atoms with van der Waals surface area (Å²) in [5.74, 6) is 5.19. The molecule has 4 aromatic rings. The molecule has 0 N–H and O–H groups in total. The van der Waals surface area contributed by atoms with E-state index in [0.717, 1.165) is 74.0 Å². The van der Waals surface area contributed by atoms with Gasteiger partial charge in [-0.2, -0.15) is 0 Å². The molecule has 0 radical (unpaired) electrons. The van der Waals surface area contributed by atoms with Crippen molar-refractivity contribution in [2.45, 2.75) is 143 Å². The fourth-order valence-electron chi connectivity index (χ4n) is 12.8. The molecule has 51 heavy (non-hydrogen) atoms. The zero-order valence-electron chi connectivity index (χ0n) is 32.4. The number of hydrogen-bond acceptors (Lipinski definition) is 2. The fraction of sp³-hybridized carbons (Fsp3) is 0.612. The highest BCUT2D eigenvalue weighted by atomic mass is 16.5. The lowest BCUT2D eigenvalue weighted by molar-refractivity contribution is -0.151. The average Bonchev–Trinajstić information content (AvgIpc) is 3.48. The summed E-state index contributed by atoms with van der Waals surface area (Å²) in [5, 5.41) is 8.17. The monoisotopic (exact) mass is 684 g/mol.